The summed E-state index contributed by atoms with van der Waals surface area (Å²) in [6.45, 7) is 1.99. The Kier molecular flexibility index (Phi) is 5.47. The third-order valence-corrected chi connectivity index (χ3v) is 5.24. The first-order valence-electron chi connectivity index (χ1n) is 9.83. The van der Waals surface area contributed by atoms with E-state index in [0.29, 0.717) is 11.3 Å². The number of aromatic nitrogens is 1. The smallest absolute Gasteiger partial charge is 0.336 e. The number of benzene rings is 1. The van der Waals surface area contributed by atoms with Crippen molar-refractivity contribution in [2.45, 2.75) is 19.3 Å². The molecule has 0 aliphatic carbocycles. The highest BCUT2D eigenvalue weighted by molar-refractivity contribution is 6.39. The van der Waals surface area contributed by atoms with Crippen LogP contribution in [0.1, 0.15) is 24.8 Å². The molecule has 2 fully saturated rings. The van der Waals surface area contributed by atoms with Gasteiger partial charge in [-0.15, -0.1) is 0 Å². The van der Waals surface area contributed by atoms with Crippen LogP contribution in [0.15, 0.2) is 48.3 Å². The van der Waals surface area contributed by atoms with Crippen LogP contribution < -0.4 is 19.9 Å². The Morgan fingerprint density at radius 1 is 1.07 bits per heavy atom. The first-order chi connectivity index (χ1) is 14.6. The number of piperidine rings is 1. The molecule has 3 heterocycles. The van der Waals surface area contributed by atoms with Crippen LogP contribution in [0.5, 0.6) is 5.75 Å². The number of amides is 4. The number of anilines is 2. The molecule has 1 N–H and O–H groups in total. The van der Waals surface area contributed by atoms with Crippen molar-refractivity contribution in [3.05, 3.63) is 53.9 Å². The van der Waals surface area contributed by atoms with Crippen LogP contribution in [-0.2, 0) is 9.59 Å². The van der Waals surface area contributed by atoms with E-state index in [1.807, 2.05) is 18.2 Å². The molecule has 2 aliphatic heterocycles. The van der Waals surface area contributed by atoms with Gasteiger partial charge in [0.15, 0.2) is 0 Å². The van der Waals surface area contributed by atoms with Gasteiger partial charge in [-0.25, -0.2) is 9.69 Å². The van der Waals surface area contributed by atoms with Crippen molar-refractivity contribution < 1.29 is 19.1 Å². The van der Waals surface area contributed by atoms with Crippen LogP contribution in [0.2, 0.25) is 0 Å². The largest absolute Gasteiger partial charge is 0.496 e. The first-order valence-corrected chi connectivity index (χ1v) is 9.83. The summed E-state index contributed by atoms with van der Waals surface area (Å²) >= 11 is 0. The number of imide groups is 2. The van der Waals surface area contributed by atoms with Gasteiger partial charge in [-0.05, 0) is 49.6 Å². The number of barbiturate groups is 1. The predicted octanol–water partition coefficient (Wildman–Crippen LogP) is 2.75. The Labute approximate surface area is 174 Å². The minimum absolute atomic E-state index is 0.150. The summed E-state index contributed by atoms with van der Waals surface area (Å²) in [5, 5.41) is 2.21. The maximum atomic E-state index is 13.0. The highest BCUT2D eigenvalue weighted by atomic mass is 16.5. The van der Waals surface area contributed by atoms with Crippen LogP contribution in [0.4, 0.5) is 16.2 Å². The fraction of sp³-hybridized carbons (Fsp3) is 0.273. The normalized spacial score (nSPS) is 18.6. The van der Waals surface area contributed by atoms with Crippen LogP contribution in [0.3, 0.4) is 0 Å². The molecule has 0 spiro atoms. The molecule has 0 unspecified atom stereocenters. The van der Waals surface area contributed by atoms with E-state index in [9.17, 15) is 14.4 Å². The van der Waals surface area contributed by atoms with E-state index >= 15 is 0 Å². The topological polar surface area (TPSA) is 91.8 Å². The molecule has 8 heteroatoms. The summed E-state index contributed by atoms with van der Waals surface area (Å²) < 4.78 is 5.52. The van der Waals surface area contributed by atoms with E-state index in [0.717, 1.165) is 36.5 Å². The van der Waals surface area contributed by atoms with Gasteiger partial charge in [-0.1, -0.05) is 0 Å². The maximum Gasteiger partial charge on any atom is 0.336 e. The average Bonchev–Trinajstić information content (AvgIpc) is 2.78. The van der Waals surface area contributed by atoms with Crippen molar-refractivity contribution in [1.82, 2.24) is 10.3 Å². The summed E-state index contributed by atoms with van der Waals surface area (Å²) in [6, 6.07) is 8.07. The van der Waals surface area contributed by atoms with Gasteiger partial charge in [0.25, 0.3) is 11.8 Å². The van der Waals surface area contributed by atoms with E-state index < -0.39 is 17.8 Å². The number of nitrogens with zero attached hydrogens (tertiary/aromatic N) is 3. The van der Waals surface area contributed by atoms with Gasteiger partial charge in [0, 0.05) is 36.6 Å². The van der Waals surface area contributed by atoms with E-state index in [-0.39, 0.29) is 11.3 Å². The zero-order chi connectivity index (χ0) is 21.1. The number of methoxy groups -OCH3 is 1. The predicted molar refractivity (Wildman–Crippen MR) is 112 cm³/mol. The first kappa shape index (κ1) is 19.6. The molecule has 8 nitrogen and oxygen atoms in total. The van der Waals surface area contributed by atoms with Gasteiger partial charge in [-0.3, -0.25) is 19.9 Å². The van der Waals surface area contributed by atoms with Crippen LogP contribution in [-0.4, -0.2) is 43.0 Å². The second kappa shape index (κ2) is 8.36. The Bertz CT molecular complexity index is 1010. The van der Waals surface area contributed by atoms with Gasteiger partial charge in [0.05, 0.1) is 19.0 Å². The molecule has 0 saturated carbocycles. The Hall–Kier alpha value is -3.68. The average molecular weight is 406 g/mol. The number of nitrogens with one attached hydrogen (secondary N) is 1. The highest BCUT2D eigenvalue weighted by Gasteiger charge is 2.37. The lowest BCUT2D eigenvalue weighted by molar-refractivity contribution is -0.122. The molecule has 0 bridgehead atoms. The van der Waals surface area contributed by atoms with Gasteiger partial charge >= 0.3 is 6.03 Å². The summed E-state index contributed by atoms with van der Waals surface area (Å²) in [5.41, 5.74) is 1.76. The number of ether oxygens (including phenoxy) is 1. The number of carbonyl (C=O) groups is 3. The lowest BCUT2D eigenvalue weighted by Crippen LogP contribution is -2.54. The molecule has 2 saturated heterocycles. The summed E-state index contributed by atoms with van der Waals surface area (Å²) in [6.07, 6.45) is 7.92. The number of rotatable bonds is 4. The standard InChI is InChI=1S/C22H22N4O4/c1-30-19-13-16(25-10-3-2-4-11-25)8-7-15(19)12-18-20(27)24-22(29)26(21(18)28)17-6-5-9-23-14-17/h5-9,12-14H,2-4,10-11H2,1H3,(H,24,27,29)/b18-12-. The molecule has 1 aromatic heterocycles. The second-order valence-corrected chi connectivity index (χ2v) is 7.14. The fourth-order valence-corrected chi connectivity index (χ4v) is 3.70. The highest BCUT2D eigenvalue weighted by Crippen LogP contribution is 2.30. The maximum absolute atomic E-state index is 13.0. The fourth-order valence-electron chi connectivity index (χ4n) is 3.70. The van der Waals surface area contributed by atoms with Crippen molar-refractivity contribution in [1.29, 1.82) is 0 Å². The Morgan fingerprint density at radius 2 is 1.87 bits per heavy atom. The zero-order valence-electron chi connectivity index (χ0n) is 16.6. The Balaban J connectivity index is 1.68. The molecule has 30 heavy (non-hydrogen) atoms. The van der Waals surface area contributed by atoms with Gasteiger partial charge in [0.2, 0.25) is 0 Å². The second-order valence-electron chi connectivity index (χ2n) is 7.14. The van der Waals surface area contributed by atoms with Gasteiger partial charge in [-0.2, -0.15) is 0 Å². The number of urea groups is 1. The van der Waals surface area contributed by atoms with Crippen molar-refractivity contribution in [2.24, 2.45) is 0 Å². The van der Waals surface area contributed by atoms with Crippen molar-refractivity contribution in [3.63, 3.8) is 0 Å². The van der Waals surface area contributed by atoms with E-state index in [4.69, 9.17) is 4.74 Å². The number of carbonyl (C=O) groups excluding carboxylic acids is 3. The van der Waals surface area contributed by atoms with Gasteiger partial charge < -0.3 is 9.64 Å². The molecular weight excluding hydrogens is 384 g/mol. The summed E-state index contributed by atoms with van der Waals surface area (Å²) in [5.74, 6) is -0.901. The minimum atomic E-state index is -0.803. The van der Waals surface area contributed by atoms with Crippen molar-refractivity contribution >= 4 is 35.3 Å². The molecule has 2 aliphatic rings. The van der Waals surface area contributed by atoms with Crippen molar-refractivity contribution in [2.75, 3.05) is 30.0 Å². The molecule has 154 valence electrons. The van der Waals surface area contributed by atoms with Crippen LogP contribution in [0.25, 0.3) is 6.08 Å². The quantitative estimate of drug-likeness (QED) is 0.620. The lowest BCUT2D eigenvalue weighted by atomic mass is 10.0. The molecule has 2 aromatic rings. The molecule has 0 radical (unpaired) electrons. The number of pyridine rings is 1. The third-order valence-electron chi connectivity index (χ3n) is 5.24. The van der Waals surface area contributed by atoms with Crippen molar-refractivity contribution in [3.8, 4) is 5.75 Å². The monoisotopic (exact) mass is 406 g/mol. The number of hydrogen-bond donors (Lipinski definition) is 1. The number of hydrogen-bond acceptors (Lipinski definition) is 6. The van der Waals surface area contributed by atoms with Gasteiger partial charge in [0.1, 0.15) is 11.3 Å². The SMILES string of the molecule is COc1cc(N2CCCCC2)ccc1/C=C1/C(=O)NC(=O)N(c2cccnc2)C1=O. The van der Waals surface area contributed by atoms with E-state index in [1.54, 1.807) is 19.2 Å². The minimum Gasteiger partial charge on any atom is -0.496 e. The summed E-state index contributed by atoms with van der Waals surface area (Å²) in [4.78, 5) is 44.7. The molecular formula is C22H22N4O4. The zero-order valence-corrected chi connectivity index (χ0v) is 16.6. The van der Waals surface area contributed by atoms with Crippen LogP contribution >= 0.6 is 0 Å². The molecule has 4 amide bonds. The third kappa shape index (κ3) is 3.76. The molecule has 0 atom stereocenters. The molecule has 4 rings (SSSR count). The molecule has 1 aromatic carbocycles. The lowest BCUT2D eigenvalue weighted by Gasteiger charge is -2.29. The Morgan fingerprint density at radius 3 is 2.57 bits per heavy atom. The van der Waals surface area contributed by atoms with E-state index in [2.05, 4.69) is 15.2 Å². The summed E-state index contributed by atoms with van der Waals surface area (Å²) in [7, 11) is 1.55. The van der Waals surface area contributed by atoms with E-state index in [1.165, 1.54) is 24.9 Å². The van der Waals surface area contributed by atoms with Crippen LogP contribution in [0, 0.1) is 0 Å².